The summed E-state index contributed by atoms with van der Waals surface area (Å²) in [6, 6.07) is 0. The number of hydrogen-bond acceptors (Lipinski definition) is 4. The molecule has 1 aliphatic rings. The van der Waals surface area contributed by atoms with Crippen molar-refractivity contribution in [2.75, 3.05) is 6.61 Å². The second-order valence-electron chi connectivity index (χ2n) is 3.48. The van der Waals surface area contributed by atoms with Crippen LogP contribution in [0.5, 0.6) is 0 Å². The highest BCUT2D eigenvalue weighted by Crippen LogP contribution is 2.55. The van der Waals surface area contributed by atoms with Crippen molar-refractivity contribution in [2.24, 2.45) is 0 Å². The van der Waals surface area contributed by atoms with Gasteiger partial charge in [-0.2, -0.15) is 0 Å². The minimum atomic E-state index is -3.09. The van der Waals surface area contributed by atoms with E-state index in [1.807, 2.05) is 0 Å². The van der Waals surface area contributed by atoms with Crippen LogP contribution in [-0.2, 0) is 19.1 Å². The summed E-state index contributed by atoms with van der Waals surface area (Å²) < 4.78 is 34.9. The van der Waals surface area contributed by atoms with Gasteiger partial charge in [0, 0.05) is 13.3 Å². The highest BCUT2D eigenvalue weighted by atomic mass is 19.3. The Morgan fingerprint density at radius 1 is 1.40 bits per heavy atom. The van der Waals surface area contributed by atoms with E-state index in [9.17, 15) is 18.4 Å². The predicted octanol–water partition coefficient (Wildman–Crippen LogP) is 1.28. The number of halogens is 2. The van der Waals surface area contributed by atoms with Crippen molar-refractivity contribution in [3.63, 3.8) is 0 Å². The first-order valence-corrected chi connectivity index (χ1v) is 4.56. The molecule has 1 fully saturated rings. The molecule has 1 aliphatic carbocycles. The van der Waals surface area contributed by atoms with Crippen LogP contribution < -0.4 is 0 Å². The summed E-state index contributed by atoms with van der Waals surface area (Å²) >= 11 is 0. The first-order valence-electron chi connectivity index (χ1n) is 4.56. The smallest absolute Gasteiger partial charge is 0.306 e. The molecule has 4 nitrogen and oxygen atoms in total. The number of rotatable bonds is 4. The first kappa shape index (κ1) is 11.9. The average molecular weight is 222 g/mol. The Morgan fingerprint density at radius 3 is 2.27 bits per heavy atom. The van der Waals surface area contributed by atoms with Crippen molar-refractivity contribution >= 4 is 11.9 Å². The second kappa shape index (κ2) is 3.75. The molecule has 0 aromatic carbocycles. The van der Waals surface area contributed by atoms with E-state index in [0.29, 0.717) is 0 Å². The summed E-state index contributed by atoms with van der Waals surface area (Å²) in [4.78, 5) is 21.4. The van der Waals surface area contributed by atoms with Gasteiger partial charge in [0.1, 0.15) is 6.61 Å². The normalized spacial score (nSPS) is 26.9. The lowest BCUT2D eigenvalue weighted by atomic mass is 10.3. The standard InChI is InChI=1S/C9H12F2O4/c1-3-7(13)15-8(4-9(8,10)11)5-14-6(2)12/h3-5H2,1-2H3. The summed E-state index contributed by atoms with van der Waals surface area (Å²) in [5.41, 5.74) is -1.92. The Balaban J connectivity index is 2.58. The lowest BCUT2D eigenvalue weighted by Crippen LogP contribution is -2.32. The van der Waals surface area contributed by atoms with Crippen molar-refractivity contribution in [1.82, 2.24) is 0 Å². The fourth-order valence-electron chi connectivity index (χ4n) is 1.12. The average Bonchev–Trinajstić information content (AvgIpc) is 2.65. The summed E-state index contributed by atoms with van der Waals surface area (Å²) in [6.07, 6.45) is -0.572. The van der Waals surface area contributed by atoms with Crippen LogP contribution >= 0.6 is 0 Å². The summed E-state index contributed by atoms with van der Waals surface area (Å²) in [7, 11) is 0. The number of esters is 2. The van der Waals surface area contributed by atoms with Gasteiger partial charge < -0.3 is 9.47 Å². The molecular weight excluding hydrogens is 210 g/mol. The molecule has 0 aliphatic heterocycles. The monoisotopic (exact) mass is 222 g/mol. The molecular formula is C9H12F2O4. The Labute approximate surface area is 85.5 Å². The molecule has 1 unspecified atom stereocenters. The first-order chi connectivity index (χ1) is 6.83. The Bertz CT molecular complexity index is 290. The minimum Gasteiger partial charge on any atom is -0.461 e. The van der Waals surface area contributed by atoms with E-state index in [1.165, 1.54) is 6.92 Å². The van der Waals surface area contributed by atoms with E-state index in [1.54, 1.807) is 0 Å². The van der Waals surface area contributed by atoms with Gasteiger partial charge >= 0.3 is 11.9 Å². The van der Waals surface area contributed by atoms with E-state index in [4.69, 9.17) is 0 Å². The van der Waals surface area contributed by atoms with E-state index in [0.717, 1.165) is 6.92 Å². The van der Waals surface area contributed by atoms with Gasteiger partial charge in [-0.15, -0.1) is 0 Å². The maximum atomic E-state index is 12.9. The molecule has 0 aromatic rings. The zero-order valence-corrected chi connectivity index (χ0v) is 8.51. The van der Waals surface area contributed by atoms with Crippen molar-refractivity contribution in [3.05, 3.63) is 0 Å². The topological polar surface area (TPSA) is 52.6 Å². The molecule has 0 heterocycles. The molecule has 0 bridgehead atoms. The predicted molar refractivity (Wildman–Crippen MR) is 45.3 cm³/mol. The second-order valence-corrected chi connectivity index (χ2v) is 3.48. The number of alkyl halides is 2. The number of ether oxygens (including phenoxy) is 2. The SMILES string of the molecule is CCC(=O)OC1(COC(C)=O)CC1(F)F. The van der Waals surface area contributed by atoms with E-state index < -0.39 is 36.5 Å². The van der Waals surface area contributed by atoms with Gasteiger partial charge in [0.25, 0.3) is 5.92 Å². The molecule has 1 saturated carbocycles. The van der Waals surface area contributed by atoms with Gasteiger partial charge in [0.2, 0.25) is 5.60 Å². The molecule has 0 amide bonds. The lowest BCUT2D eigenvalue weighted by molar-refractivity contribution is -0.168. The van der Waals surface area contributed by atoms with Crippen molar-refractivity contribution in [2.45, 2.75) is 38.2 Å². The molecule has 15 heavy (non-hydrogen) atoms. The van der Waals surface area contributed by atoms with Gasteiger partial charge in [-0.3, -0.25) is 9.59 Å². The van der Waals surface area contributed by atoms with Gasteiger partial charge in [-0.1, -0.05) is 6.92 Å². The molecule has 0 saturated heterocycles. The van der Waals surface area contributed by atoms with Crippen LogP contribution in [0.3, 0.4) is 0 Å². The summed E-state index contributed by atoms with van der Waals surface area (Å²) in [5.74, 6) is -4.49. The molecule has 0 spiro atoms. The number of hydrogen-bond donors (Lipinski definition) is 0. The van der Waals surface area contributed by atoms with E-state index >= 15 is 0 Å². The lowest BCUT2D eigenvalue weighted by Gasteiger charge is -2.16. The van der Waals surface area contributed by atoms with Crippen LogP contribution in [0.2, 0.25) is 0 Å². The number of carbonyl (C=O) groups excluding carboxylic acids is 2. The van der Waals surface area contributed by atoms with E-state index in [-0.39, 0.29) is 6.42 Å². The van der Waals surface area contributed by atoms with Crippen LogP contribution in [0.4, 0.5) is 8.78 Å². The van der Waals surface area contributed by atoms with Crippen molar-refractivity contribution in [3.8, 4) is 0 Å². The quantitative estimate of drug-likeness (QED) is 0.672. The Kier molecular flexibility index (Phi) is 2.97. The zero-order chi connectivity index (χ0) is 11.7. The molecule has 0 aromatic heterocycles. The van der Waals surface area contributed by atoms with Crippen LogP contribution in [0.25, 0.3) is 0 Å². The molecule has 0 N–H and O–H groups in total. The third kappa shape index (κ3) is 2.43. The van der Waals surface area contributed by atoms with Crippen molar-refractivity contribution < 1.29 is 27.8 Å². The summed E-state index contributed by atoms with van der Waals surface area (Å²) in [6.45, 7) is 2.03. The molecule has 1 atom stereocenters. The van der Waals surface area contributed by atoms with E-state index in [2.05, 4.69) is 9.47 Å². The Hall–Kier alpha value is -1.20. The van der Waals surface area contributed by atoms with Crippen LogP contribution in [0.1, 0.15) is 26.7 Å². The van der Waals surface area contributed by atoms with Crippen LogP contribution in [-0.4, -0.2) is 30.1 Å². The largest absolute Gasteiger partial charge is 0.461 e. The fourth-order valence-corrected chi connectivity index (χ4v) is 1.12. The van der Waals surface area contributed by atoms with Gasteiger partial charge in [0.05, 0.1) is 6.42 Å². The van der Waals surface area contributed by atoms with Crippen LogP contribution in [0.15, 0.2) is 0 Å². The number of carbonyl (C=O) groups is 2. The third-order valence-electron chi connectivity index (χ3n) is 2.16. The third-order valence-corrected chi connectivity index (χ3v) is 2.16. The summed E-state index contributed by atoms with van der Waals surface area (Å²) in [5, 5.41) is 0. The van der Waals surface area contributed by atoms with Gasteiger partial charge in [-0.05, 0) is 0 Å². The maximum absolute atomic E-state index is 12.9. The highest BCUT2D eigenvalue weighted by Gasteiger charge is 2.75. The maximum Gasteiger partial charge on any atom is 0.306 e. The fraction of sp³-hybridized carbons (Fsp3) is 0.778. The van der Waals surface area contributed by atoms with Gasteiger partial charge in [-0.25, -0.2) is 8.78 Å². The molecule has 1 rings (SSSR count). The Morgan fingerprint density at radius 2 is 1.93 bits per heavy atom. The highest BCUT2D eigenvalue weighted by molar-refractivity contribution is 5.70. The van der Waals surface area contributed by atoms with Crippen LogP contribution in [0, 0.1) is 0 Å². The minimum absolute atomic E-state index is 0.0118. The molecule has 86 valence electrons. The van der Waals surface area contributed by atoms with Gasteiger partial charge in [0.15, 0.2) is 0 Å². The zero-order valence-electron chi connectivity index (χ0n) is 8.51. The molecule has 0 radical (unpaired) electrons. The molecule has 6 heteroatoms. The van der Waals surface area contributed by atoms with Crippen molar-refractivity contribution in [1.29, 1.82) is 0 Å².